The highest BCUT2D eigenvalue weighted by atomic mass is 16.2. The van der Waals surface area contributed by atoms with Crippen LogP contribution in [0.3, 0.4) is 0 Å². The van der Waals surface area contributed by atoms with E-state index < -0.39 is 5.54 Å². The molecule has 2 heterocycles. The molecule has 1 spiro atoms. The molecule has 0 radical (unpaired) electrons. The molecule has 7 heteroatoms. The summed E-state index contributed by atoms with van der Waals surface area (Å²) in [6.07, 6.45) is 7.25. The first-order valence-electron chi connectivity index (χ1n) is 10.2. The van der Waals surface area contributed by atoms with Gasteiger partial charge in [-0.3, -0.25) is 14.5 Å². The highest BCUT2D eigenvalue weighted by Gasteiger charge is 2.52. The van der Waals surface area contributed by atoms with Gasteiger partial charge < -0.3 is 15.5 Å². The molecule has 2 N–H and O–H groups in total. The lowest BCUT2D eigenvalue weighted by atomic mass is 9.97. The molecule has 1 aliphatic carbocycles. The second kappa shape index (κ2) is 8.37. The van der Waals surface area contributed by atoms with Crippen LogP contribution in [-0.2, 0) is 9.59 Å². The zero-order valence-corrected chi connectivity index (χ0v) is 15.9. The molecular weight excluding hydrogens is 332 g/mol. The van der Waals surface area contributed by atoms with E-state index in [1.165, 1.54) is 4.90 Å². The minimum Gasteiger partial charge on any atom is -0.356 e. The predicted molar refractivity (Wildman–Crippen MR) is 98.5 cm³/mol. The van der Waals surface area contributed by atoms with Crippen LogP contribution in [0.15, 0.2) is 0 Å². The first-order valence-corrected chi connectivity index (χ1v) is 10.2. The number of carbonyl (C=O) groups excluding carboxylic acids is 3. The van der Waals surface area contributed by atoms with Crippen molar-refractivity contribution in [1.29, 1.82) is 0 Å². The van der Waals surface area contributed by atoms with E-state index in [-0.39, 0.29) is 17.8 Å². The first-order chi connectivity index (χ1) is 12.5. The van der Waals surface area contributed by atoms with Crippen LogP contribution in [0.1, 0.15) is 58.3 Å². The number of nitrogens with one attached hydrogen (secondary N) is 2. The van der Waals surface area contributed by atoms with Gasteiger partial charge in [0, 0.05) is 32.6 Å². The van der Waals surface area contributed by atoms with Gasteiger partial charge in [0.25, 0.3) is 5.91 Å². The van der Waals surface area contributed by atoms with Crippen LogP contribution in [0.4, 0.5) is 4.79 Å². The third-order valence-electron chi connectivity index (χ3n) is 6.01. The molecule has 0 bridgehead atoms. The third kappa shape index (κ3) is 4.19. The largest absolute Gasteiger partial charge is 0.356 e. The van der Waals surface area contributed by atoms with Gasteiger partial charge in [0.1, 0.15) is 5.54 Å². The molecule has 0 aromatic heterocycles. The lowest BCUT2D eigenvalue weighted by Gasteiger charge is -2.33. The third-order valence-corrected chi connectivity index (χ3v) is 6.01. The van der Waals surface area contributed by atoms with Crippen LogP contribution in [0, 0.1) is 5.92 Å². The van der Waals surface area contributed by atoms with Crippen LogP contribution in [-0.4, -0.2) is 65.9 Å². The topological polar surface area (TPSA) is 81.8 Å². The maximum Gasteiger partial charge on any atom is 0.325 e. The molecule has 26 heavy (non-hydrogen) atoms. The van der Waals surface area contributed by atoms with Gasteiger partial charge in [-0.05, 0) is 44.6 Å². The van der Waals surface area contributed by atoms with Gasteiger partial charge in [-0.15, -0.1) is 0 Å². The number of urea groups is 1. The smallest absolute Gasteiger partial charge is 0.325 e. The van der Waals surface area contributed by atoms with E-state index in [1.807, 2.05) is 6.92 Å². The summed E-state index contributed by atoms with van der Waals surface area (Å²) in [5, 5.41) is 5.97. The first kappa shape index (κ1) is 19.1. The maximum absolute atomic E-state index is 12.7. The second-order valence-electron chi connectivity index (χ2n) is 8.04. The van der Waals surface area contributed by atoms with Crippen molar-refractivity contribution in [2.24, 2.45) is 5.92 Å². The highest BCUT2D eigenvalue weighted by molar-refractivity contribution is 6.07. The van der Waals surface area contributed by atoms with Crippen LogP contribution in [0.25, 0.3) is 0 Å². The van der Waals surface area contributed by atoms with Crippen LogP contribution in [0.5, 0.6) is 0 Å². The van der Waals surface area contributed by atoms with Crippen molar-refractivity contribution in [3.63, 3.8) is 0 Å². The Hall–Kier alpha value is -1.63. The van der Waals surface area contributed by atoms with E-state index in [1.54, 1.807) is 0 Å². The number of likely N-dealkylation sites (tertiary alicyclic amines) is 1. The van der Waals surface area contributed by atoms with Gasteiger partial charge in [0.2, 0.25) is 5.91 Å². The molecule has 0 aromatic rings. The van der Waals surface area contributed by atoms with E-state index in [2.05, 4.69) is 15.5 Å². The normalized spacial score (nSPS) is 25.7. The lowest BCUT2D eigenvalue weighted by Crippen LogP contribution is -2.46. The lowest BCUT2D eigenvalue weighted by molar-refractivity contribution is -0.131. The summed E-state index contributed by atoms with van der Waals surface area (Å²) in [7, 11) is 0. The number of nitrogens with zero attached hydrogens (tertiary/aromatic N) is 2. The van der Waals surface area contributed by atoms with Crippen molar-refractivity contribution < 1.29 is 14.4 Å². The molecule has 3 aliphatic rings. The Kier molecular flexibility index (Phi) is 6.16. The van der Waals surface area contributed by atoms with Gasteiger partial charge in [-0.25, -0.2) is 4.79 Å². The van der Waals surface area contributed by atoms with Crippen molar-refractivity contribution in [3.8, 4) is 0 Å². The Morgan fingerprint density at radius 2 is 2.00 bits per heavy atom. The summed E-state index contributed by atoms with van der Waals surface area (Å²) in [6.45, 7) is 5.82. The van der Waals surface area contributed by atoms with Crippen LogP contribution >= 0.6 is 0 Å². The summed E-state index contributed by atoms with van der Waals surface area (Å²) < 4.78 is 0. The minimum atomic E-state index is -0.606. The van der Waals surface area contributed by atoms with Crippen molar-refractivity contribution >= 4 is 17.8 Å². The Bertz CT molecular complexity index is 545. The van der Waals surface area contributed by atoms with Gasteiger partial charge in [-0.1, -0.05) is 19.8 Å². The zero-order chi connectivity index (χ0) is 18.6. The number of hydrogen-bond donors (Lipinski definition) is 2. The number of rotatable bonds is 7. The predicted octanol–water partition coefficient (Wildman–Crippen LogP) is 1.48. The Morgan fingerprint density at radius 1 is 1.23 bits per heavy atom. The van der Waals surface area contributed by atoms with Crippen molar-refractivity contribution in [3.05, 3.63) is 0 Å². The quantitative estimate of drug-likeness (QED) is 0.671. The summed E-state index contributed by atoms with van der Waals surface area (Å²) >= 11 is 0. The summed E-state index contributed by atoms with van der Waals surface area (Å²) in [5.41, 5.74) is -0.606. The minimum absolute atomic E-state index is 0.0274. The van der Waals surface area contributed by atoms with Gasteiger partial charge in [0.15, 0.2) is 0 Å². The number of piperidine rings is 1. The molecule has 0 aromatic carbocycles. The standard InChI is InChI=1S/C19H32N4O3/c1-2-6-16(24)20-13-15-7-5-10-22(14-15)11-12-23-17(25)19(21-18(23)26)8-3-4-9-19/h15H,2-14H2,1H3,(H,20,24)(H,21,26). The SMILES string of the molecule is CCCC(=O)NCC1CCCN(CCN2C(=O)NC3(CCCC3)C2=O)C1. The zero-order valence-electron chi connectivity index (χ0n) is 15.9. The second-order valence-corrected chi connectivity index (χ2v) is 8.04. The summed E-state index contributed by atoms with van der Waals surface area (Å²) in [5.74, 6) is 0.556. The summed E-state index contributed by atoms with van der Waals surface area (Å²) in [4.78, 5) is 40.3. The number of hydrogen-bond acceptors (Lipinski definition) is 4. The fourth-order valence-electron chi connectivity index (χ4n) is 4.53. The Morgan fingerprint density at radius 3 is 2.73 bits per heavy atom. The van der Waals surface area contributed by atoms with Crippen molar-refractivity contribution in [2.75, 3.05) is 32.7 Å². The molecule has 1 unspecified atom stereocenters. The van der Waals surface area contributed by atoms with E-state index in [9.17, 15) is 14.4 Å². The molecule has 3 rings (SSSR count). The summed E-state index contributed by atoms with van der Waals surface area (Å²) in [6, 6.07) is -0.225. The number of amides is 4. The fraction of sp³-hybridized carbons (Fsp3) is 0.842. The van der Waals surface area contributed by atoms with Crippen LogP contribution in [0.2, 0.25) is 0 Å². The highest BCUT2D eigenvalue weighted by Crippen LogP contribution is 2.34. The molecule has 4 amide bonds. The molecule has 1 saturated carbocycles. The molecule has 146 valence electrons. The van der Waals surface area contributed by atoms with E-state index in [4.69, 9.17) is 0 Å². The van der Waals surface area contributed by atoms with Crippen molar-refractivity contribution in [1.82, 2.24) is 20.4 Å². The monoisotopic (exact) mass is 364 g/mol. The van der Waals surface area contributed by atoms with E-state index >= 15 is 0 Å². The fourth-order valence-corrected chi connectivity index (χ4v) is 4.53. The maximum atomic E-state index is 12.7. The van der Waals surface area contributed by atoms with Gasteiger partial charge in [-0.2, -0.15) is 0 Å². The Labute approximate surface area is 155 Å². The molecule has 3 fully saturated rings. The van der Waals surface area contributed by atoms with Crippen LogP contribution < -0.4 is 10.6 Å². The average molecular weight is 364 g/mol. The molecule has 7 nitrogen and oxygen atoms in total. The number of imide groups is 1. The van der Waals surface area contributed by atoms with E-state index in [0.29, 0.717) is 25.4 Å². The van der Waals surface area contributed by atoms with Crippen molar-refractivity contribution in [2.45, 2.75) is 63.8 Å². The molecule has 2 saturated heterocycles. The average Bonchev–Trinajstić information content (AvgIpc) is 3.18. The van der Waals surface area contributed by atoms with Gasteiger partial charge in [0.05, 0.1) is 0 Å². The molecule has 1 atom stereocenters. The Balaban J connectivity index is 1.45. The molecule has 2 aliphatic heterocycles. The molecular formula is C19H32N4O3. The number of carbonyl (C=O) groups is 3. The van der Waals surface area contributed by atoms with Gasteiger partial charge >= 0.3 is 6.03 Å². The van der Waals surface area contributed by atoms with E-state index in [0.717, 1.165) is 64.6 Å².